The number of piperidine rings is 1. The van der Waals surface area contributed by atoms with E-state index in [2.05, 4.69) is 0 Å². The average molecular weight is 327 g/mol. The van der Waals surface area contributed by atoms with E-state index in [-0.39, 0.29) is 24.6 Å². The van der Waals surface area contributed by atoms with Crippen LogP contribution in [0, 0.1) is 5.82 Å². The van der Waals surface area contributed by atoms with E-state index in [1.165, 1.54) is 12.1 Å². The van der Waals surface area contributed by atoms with Crippen molar-refractivity contribution in [3.63, 3.8) is 0 Å². The Kier molecular flexibility index (Phi) is 3.84. The summed E-state index contributed by atoms with van der Waals surface area (Å²) in [6.07, 6.45) is 2.84. The van der Waals surface area contributed by atoms with Gasteiger partial charge < -0.3 is 14.4 Å². The summed E-state index contributed by atoms with van der Waals surface area (Å²) in [4.78, 5) is 14.8. The first-order valence-electron chi connectivity index (χ1n) is 8.18. The van der Waals surface area contributed by atoms with Crippen LogP contribution in [0.25, 0.3) is 0 Å². The third-order valence-corrected chi connectivity index (χ3v) is 4.62. The number of hydrogen-bond donors (Lipinski definition) is 0. The second kappa shape index (κ2) is 6.15. The maximum Gasteiger partial charge on any atom is 0.254 e. The van der Waals surface area contributed by atoms with Crippen LogP contribution >= 0.6 is 0 Å². The van der Waals surface area contributed by atoms with Gasteiger partial charge in [-0.1, -0.05) is 12.1 Å². The van der Waals surface area contributed by atoms with Gasteiger partial charge in [-0.25, -0.2) is 4.39 Å². The summed E-state index contributed by atoms with van der Waals surface area (Å²) in [5.74, 6) is 0.933. The third-order valence-electron chi connectivity index (χ3n) is 4.62. The zero-order valence-corrected chi connectivity index (χ0v) is 13.2. The summed E-state index contributed by atoms with van der Waals surface area (Å²) in [6, 6.07) is 11.7. The van der Waals surface area contributed by atoms with E-state index in [4.69, 9.17) is 9.47 Å². The van der Waals surface area contributed by atoms with E-state index in [0.29, 0.717) is 23.6 Å². The summed E-state index contributed by atoms with van der Waals surface area (Å²) in [6.45, 7) is 0.858. The molecule has 4 nitrogen and oxygen atoms in total. The molecule has 5 heteroatoms. The van der Waals surface area contributed by atoms with Gasteiger partial charge in [0, 0.05) is 12.1 Å². The molecule has 0 saturated carbocycles. The second-order valence-electron chi connectivity index (χ2n) is 6.13. The number of benzene rings is 2. The molecule has 1 saturated heterocycles. The van der Waals surface area contributed by atoms with Gasteiger partial charge in [0.25, 0.3) is 5.91 Å². The predicted molar refractivity (Wildman–Crippen MR) is 86.6 cm³/mol. The standard InChI is InChI=1S/C19H18FNO3/c20-15-5-3-4-13(10-15)16-6-1-2-9-21(16)19(22)14-7-8-17-18(11-14)24-12-23-17/h3-5,7-8,10-11,16H,1-2,6,9,12H2/t16-/m0/s1. The largest absolute Gasteiger partial charge is 0.454 e. The van der Waals surface area contributed by atoms with Crippen LogP contribution in [0.1, 0.15) is 41.2 Å². The Labute approximate surface area is 139 Å². The number of likely N-dealkylation sites (tertiary alicyclic amines) is 1. The third kappa shape index (κ3) is 2.70. The maximum atomic E-state index is 13.6. The highest BCUT2D eigenvalue weighted by Crippen LogP contribution is 2.36. The molecule has 0 radical (unpaired) electrons. The molecule has 0 aromatic heterocycles. The van der Waals surface area contributed by atoms with Gasteiger partial charge in [-0.05, 0) is 55.2 Å². The predicted octanol–water partition coefficient (Wildman–Crippen LogP) is 3.92. The van der Waals surface area contributed by atoms with Crippen molar-refractivity contribution in [1.29, 1.82) is 0 Å². The molecular formula is C19H18FNO3. The van der Waals surface area contributed by atoms with Crippen molar-refractivity contribution in [2.24, 2.45) is 0 Å². The molecule has 0 bridgehead atoms. The van der Waals surface area contributed by atoms with E-state index in [0.717, 1.165) is 24.8 Å². The highest BCUT2D eigenvalue weighted by atomic mass is 19.1. The van der Waals surface area contributed by atoms with E-state index in [9.17, 15) is 9.18 Å². The molecule has 0 aliphatic carbocycles. The number of halogens is 1. The van der Waals surface area contributed by atoms with Crippen LogP contribution in [-0.2, 0) is 0 Å². The molecule has 124 valence electrons. The minimum absolute atomic E-state index is 0.0535. The molecule has 1 amide bonds. The van der Waals surface area contributed by atoms with Crippen molar-refractivity contribution < 1.29 is 18.7 Å². The Bertz CT molecular complexity index is 777. The van der Waals surface area contributed by atoms with E-state index >= 15 is 0 Å². The molecule has 2 aromatic rings. The molecule has 0 spiro atoms. The highest BCUT2D eigenvalue weighted by molar-refractivity contribution is 5.95. The topological polar surface area (TPSA) is 38.8 Å². The first-order valence-corrected chi connectivity index (χ1v) is 8.18. The van der Waals surface area contributed by atoms with E-state index in [1.807, 2.05) is 11.0 Å². The van der Waals surface area contributed by atoms with E-state index in [1.54, 1.807) is 24.3 Å². The number of carbonyl (C=O) groups is 1. The average Bonchev–Trinajstić information content (AvgIpc) is 3.09. The molecule has 1 fully saturated rings. The SMILES string of the molecule is O=C(c1ccc2c(c1)OCO2)N1CCCC[C@H]1c1cccc(F)c1. The van der Waals surface area contributed by atoms with Gasteiger partial charge in [0.05, 0.1) is 6.04 Å². The number of rotatable bonds is 2. The number of hydrogen-bond acceptors (Lipinski definition) is 3. The van der Waals surface area contributed by atoms with Crippen molar-refractivity contribution in [3.05, 3.63) is 59.4 Å². The lowest BCUT2D eigenvalue weighted by molar-refractivity contribution is 0.0610. The number of fused-ring (bicyclic) bond motifs is 1. The van der Waals surface area contributed by atoms with Gasteiger partial charge in [0.15, 0.2) is 11.5 Å². The smallest absolute Gasteiger partial charge is 0.254 e. The van der Waals surface area contributed by atoms with Crippen LogP contribution in [0.4, 0.5) is 4.39 Å². The maximum absolute atomic E-state index is 13.6. The number of carbonyl (C=O) groups excluding carboxylic acids is 1. The molecule has 4 rings (SSSR count). The molecule has 24 heavy (non-hydrogen) atoms. The van der Waals surface area contributed by atoms with E-state index < -0.39 is 0 Å². The Morgan fingerprint density at radius 1 is 1.08 bits per heavy atom. The van der Waals surface area contributed by atoms with Crippen LogP contribution in [0.3, 0.4) is 0 Å². The lowest BCUT2D eigenvalue weighted by atomic mass is 9.94. The summed E-state index contributed by atoms with van der Waals surface area (Å²) in [5, 5.41) is 0. The Hall–Kier alpha value is -2.56. The van der Waals surface area contributed by atoms with Gasteiger partial charge in [-0.2, -0.15) is 0 Å². The normalized spacial score (nSPS) is 19.4. The van der Waals surface area contributed by atoms with Crippen LogP contribution in [-0.4, -0.2) is 24.1 Å². The van der Waals surface area contributed by atoms with Crippen molar-refractivity contribution in [2.45, 2.75) is 25.3 Å². The first-order chi connectivity index (χ1) is 11.7. The lowest BCUT2D eigenvalue weighted by Crippen LogP contribution is -2.38. The fourth-order valence-corrected chi connectivity index (χ4v) is 3.43. The number of amides is 1. The summed E-state index contributed by atoms with van der Waals surface area (Å²) in [5.41, 5.74) is 1.42. The fraction of sp³-hybridized carbons (Fsp3) is 0.316. The fourth-order valence-electron chi connectivity index (χ4n) is 3.43. The van der Waals surface area contributed by atoms with Gasteiger partial charge in [-0.3, -0.25) is 4.79 Å². The Morgan fingerprint density at radius 3 is 2.83 bits per heavy atom. The van der Waals surface area contributed by atoms with Crippen molar-refractivity contribution in [3.8, 4) is 11.5 Å². The quantitative estimate of drug-likeness (QED) is 0.839. The summed E-state index contributed by atoms with van der Waals surface area (Å²) >= 11 is 0. The van der Waals surface area contributed by atoms with Gasteiger partial charge >= 0.3 is 0 Å². The van der Waals surface area contributed by atoms with Crippen LogP contribution in [0.5, 0.6) is 11.5 Å². The Balaban J connectivity index is 1.64. The highest BCUT2D eigenvalue weighted by Gasteiger charge is 2.29. The zero-order valence-electron chi connectivity index (χ0n) is 13.2. The van der Waals surface area contributed by atoms with Crippen molar-refractivity contribution >= 4 is 5.91 Å². The number of ether oxygens (including phenoxy) is 2. The van der Waals surface area contributed by atoms with Gasteiger partial charge in [0.1, 0.15) is 5.82 Å². The minimum Gasteiger partial charge on any atom is -0.454 e. The molecule has 2 aliphatic heterocycles. The summed E-state index contributed by atoms with van der Waals surface area (Å²) in [7, 11) is 0. The second-order valence-corrected chi connectivity index (χ2v) is 6.13. The van der Waals surface area contributed by atoms with Crippen LogP contribution in [0.15, 0.2) is 42.5 Å². The van der Waals surface area contributed by atoms with Gasteiger partial charge in [0.2, 0.25) is 6.79 Å². The van der Waals surface area contributed by atoms with Gasteiger partial charge in [-0.15, -0.1) is 0 Å². The first kappa shape index (κ1) is 15.0. The monoisotopic (exact) mass is 327 g/mol. The Morgan fingerprint density at radius 2 is 1.96 bits per heavy atom. The summed E-state index contributed by atoms with van der Waals surface area (Å²) < 4.78 is 24.2. The molecular weight excluding hydrogens is 309 g/mol. The molecule has 2 aromatic carbocycles. The van der Waals surface area contributed by atoms with Crippen molar-refractivity contribution in [1.82, 2.24) is 4.90 Å². The minimum atomic E-state index is -0.270. The van der Waals surface area contributed by atoms with Crippen LogP contribution < -0.4 is 9.47 Å². The van der Waals surface area contributed by atoms with Crippen molar-refractivity contribution in [2.75, 3.05) is 13.3 Å². The zero-order chi connectivity index (χ0) is 16.5. The number of nitrogens with zero attached hydrogens (tertiary/aromatic N) is 1. The molecule has 0 unspecified atom stereocenters. The molecule has 2 heterocycles. The molecule has 1 atom stereocenters. The molecule has 2 aliphatic rings. The van der Waals surface area contributed by atoms with Crippen LogP contribution in [0.2, 0.25) is 0 Å². The molecule has 0 N–H and O–H groups in total. The lowest BCUT2D eigenvalue weighted by Gasteiger charge is -2.36.